The summed E-state index contributed by atoms with van der Waals surface area (Å²) in [6.45, 7) is 0.716. The molecule has 0 spiro atoms. The minimum absolute atomic E-state index is 0.0199. The predicted octanol–water partition coefficient (Wildman–Crippen LogP) is 3.49. The van der Waals surface area contributed by atoms with Crippen molar-refractivity contribution >= 4 is 23.4 Å². The van der Waals surface area contributed by atoms with E-state index < -0.39 is 0 Å². The van der Waals surface area contributed by atoms with Gasteiger partial charge in [-0.1, -0.05) is 29.8 Å². The molecule has 1 aromatic carbocycles. The summed E-state index contributed by atoms with van der Waals surface area (Å²) >= 11 is 7.82. The summed E-state index contributed by atoms with van der Waals surface area (Å²) in [5.74, 6) is 1.30. The molecule has 21 heavy (non-hydrogen) atoms. The fourth-order valence-corrected chi connectivity index (χ4v) is 4.38. The molecule has 1 aliphatic heterocycles. The van der Waals surface area contributed by atoms with Gasteiger partial charge < -0.3 is 0 Å². The molecule has 0 saturated heterocycles. The first kappa shape index (κ1) is 13.4. The summed E-state index contributed by atoms with van der Waals surface area (Å²) in [5.41, 5.74) is 1.36. The second-order valence-corrected chi connectivity index (χ2v) is 7.44. The zero-order chi connectivity index (χ0) is 14.4. The van der Waals surface area contributed by atoms with Crippen LogP contribution in [0.25, 0.3) is 0 Å². The predicted molar refractivity (Wildman–Crippen MR) is 85.3 cm³/mol. The van der Waals surface area contributed by atoms with Crippen molar-refractivity contribution in [3.05, 3.63) is 57.2 Å². The van der Waals surface area contributed by atoms with Gasteiger partial charge in [0.05, 0.1) is 0 Å². The molecule has 4 rings (SSSR count). The largest absolute Gasteiger partial charge is 0.295 e. The molecule has 108 valence electrons. The van der Waals surface area contributed by atoms with Crippen LogP contribution in [0.3, 0.4) is 0 Å². The van der Waals surface area contributed by atoms with Crippen LogP contribution in [0.15, 0.2) is 40.0 Å². The molecule has 2 heterocycles. The zero-order valence-electron chi connectivity index (χ0n) is 11.5. The summed E-state index contributed by atoms with van der Waals surface area (Å²) in [5, 5.41) is 0.723. The van der Waals surface area contributed by atoms with Gasteiger partial charge in [-0.15, -0.1) is 11.8 Å². The third-order valence-corrected chi connectivity index (χ3v) is 5.54. The van der Waals surface area contributed by atoms with Crippen LogP contribution < -0.4 is 5.56 Å². The highest BCUT2D eigenvalue weighted by Gasteiger charge is 2.31. The van der Waals surface area contributed by atoms with Crippen LogP contribution in [0.1, 0.15) is 30.1 Å². The van der Waals surface area contributed by atoms with E-state index in [4.69, 9.17) is 11.6 Å². The molecule has 0 amide bonds. The van der Waals surface area contributed by atoms with Crippen LogP contribution in [0.2, 0.25) is 5.15 Å². The number of thioether (sulfide) groups is 1. The lowest BCUT2D eigenvalue weighted by Gasteiger charge is -2.15. The maximum atomic E-state index is 12.3. The molecule has 0 N–H and O–H groups in total. The van der Waals surface area contributed by atoms with E-state index >= 15 is 0 Å². The van der Waals surface area contributed by atoms with E-state index in [1.807, 2.05) is 16.3 Å². The standard InChI is InChI=1S/C16H15ClN2OS/c17-14-8-15(20)19(16(18-14)10-5-6-10)9-12-7-11-3-1-2-4-13(11)21-12/h1-4,8,10,12H,5-7,9H2. The van der Waals surface area contributed by atoms with E-state index in [-0.39, 0.29) is 5.56 Å². The Bertz CT molecular complexity index is 729. The molecule has 1 fully saturated rings. The molecule has 1 unspecified atom stereocenters. The number of hydrogen-bond donors (Lipinski definition) is 0. The molecule has 1 aromatic heterocycles. The number of fused-ring (bicyclic) bond motifs is 1. The second-order valence-electron chi connectivity index (χ2n) is 5.71. The highest BCUT2D eigenvalue weighted by atomic mass is 35.5. The van der Waals surface area contributed by atoms with Gasteiger partial charge in [0.25, 0.3) is 5.56 Å². The highest BCUT2D eigenvalue weighted by molar-refractivity contribution is 8.00. The lowest BCUT2D eigenvalue weighted by atomic mass is 10.1. The number of halogens is 1. The minimum Gasteiger partial charge on any atom is -0.295 e. The van der Waals surface area contributed by atoms with E-state index in [0.29, 0.717) is 22.9 Å². The molecule has 5 heteroatoms. The van der Waals surface area contributed by atoms with Gasteiger partial charge >= 0.3 is 0 Å². The maximum absolute atomic E-state index is 12.3. The molecule has 1 saturated carbocycles. The first-order valence-electron chi connectivity index (χ1n) is 7.22. The Hall–Kier alpha value is -1.26. The van der Waals surface area contributed by atoms with E-state index in [2.05, 4.69) is 29.2 Å². The zero-order valence-corrected chi connectivity index (χ0v) is 13.0. The first-order valence-corrected chi connectivity index (χ1v) is 8.48. The number of nitrogens with zero attached hydrogens (tertiary/aromatic N) is 2. The van der Waals surface area contributed by atoms with Gasteiger partial charge in [-0.3, -0.25) is 9.36 Å². The number of benzene rings is 1. The third-order valence-electron chi connectivity index (χ3n) is 4.05. The minimum atomic E-state index is -0.0199. The Balaban J connectivity index is 1.63. The van der Waals surface area contributed by atoms with Crippen LogP contribution in [0, 0.1) is 0 Å². The van der Waals surface area contributed by atoms with Gasteiger partial charge in [-0.2, -0.15) is 0 Å². The van der Waals surface area contributed by atoms with Crippen LogP contribution in [0.5, 0.6) is 0 Å². The topological polar surface area (TPSA) is 34.9 Å². The normalized spacial score (nSPS) is 20.5. The lowest BCUT2D eigenvalue weighted by molar-refractivity contribution is 0.592. The number of aromatic nitrogens is 2. The van der Waals surface area contributed by atoms with Crippen molar-refractivity contribution in [1.82, 2.24) is 9.55 Å². The summed E-state index contributed by atoms with van der Waals surface area (Å²) < 4.78 is 1.84. The van der Waals surface area contributed by atoms with E-state index in [0.717, 1.165) is 25.1 Å². The summed E-state index contributed by atoms with van der Waals surface area (Å²) in [7, 11) is 0. The van der Waals surface area contributed by atoms with Crippen molar-refractivity contribution in [3.63, 3.8) is 0 Å². The van der Waals surface area contributed by atoms with E-state index in [9.17, 15) is 4.79 Å². The van der Waals surface area contributed by atoms with Crippen LogP contribution >= 0.6 is 23.4 Å². The smallest absolute Gasteiger partial charge is 0.255 e. The average Bonchev–Trinajstić information content (AvgIpc) is 3.21. The number of rotatable bonds is 3. The van der Waals surface area contributed by atoms with Gasteiger partial charge in [0, 0.05) is 28.7 Å². The van der Waals surface area contributed by atoms with Crippen molar-refractivity contribution in [3.8, 4) is 0 Å². The Morgan fingerprint density at radius 3 is 2.90 bits per heavy atom. The third kappa shape index (κ3) is 2.62. The fourth-order valence-electron chi connectivity index (χ4n) is 2.89. The van der Waals surface area contributed by atoms with Gasteiger partial charge in [0.15, 0.2) is 0 Å². The summed E-state index contributed by atoms with van der Waals surface area (Å²) in [6, 6.07) is 9.91. The van der Waals surface area contributed by atoms with Gasteiger partial charge in [0.1, 0.15) is 11.0 Å². The quantitative estimate of drug-likeness (QED) is 0.813. The Labute approximate surface area is 132 Å². The lowest BCUT2D eigenvalue weighted by Crippen LogP contribution is -2.28. The molecular formula is C16H15ClN2OS. The first-order chi connectivity index (χ1) is 10.2. The van der Waals surface area contributed by atoms with Crippen molar-refractivity contribution in [2.45, 2.75) is 41.9 Å². The fraction of sp³-hybridized carbons (Fsp3) is 0.375. The van der Waals surface area contributed by atoms with Gasteiger partial charge in [-0.05, 0) is 30.9 Å². The molecule has 3 nitrogen and oxygen atoms in total. The highest BCUT2D eigenvalue weighted by Crippen LogP contribution is 2.41. The molecule has 0 radical (unpaired) electrons. The van der Waals surface area contributed by atoms with Crippen LogP contribution in [-0.4, -0.2) is 14.8 Å². The van der Waals surface area contributed by atoms with Crippen molar-refractivity contribution in [1.29, 1.82) is 0 Å². The Morgan fingerprint density at radius 2 is 2.14 bits per heavy atom. The monoisotopic (exact) mass is 318 g/mol. The molecular weight excluding hydrogens is 304 g/mol. The SMILES string of the molecule is O=c1cc(Cl)nc(C2CC2)n1CC1Cc2ccccc2S1. The number of hydrogen-bond acceptors (Lipinski definition) is 3. The second kappa shape index (κ2) is 5.18. The maximum Gasteiger partial charge on any atom is 0.255 e. The van der Waals surface area contributed by atoms with Crippen molar-refractivity contribution in [2.75, 3.05) is 0 Å². The molecule has 1 aliphatic carbocycles. The van der Waals surface area contributed by atoms with Gasteiger partial charge in [-0.25, -0.2) is 4.98 Å². The average molecular weight is 319 g/mol. The summed E-state index contributed by atoms with van der Waals surface area (Å²) in [6.07, 6.45) is 3.25. The molecule has 2 aromatic rings. The molecule has 2 aliphatic rings. The van der Waals surface area contributed by atoms with Crippen LogP contribution in [0.4, 0.5) is 0 Å². The van der Waals surface area contributed by atoms with E-state index in [1.165, 1.54) is 16.5 Å². The van der Waals surface area contributed by atoms with Crippen LogP contribution in [-0.2, 0) is 13.0 Å². The summed E-state index contributed by atoms with van der Waals surface area (Å²) in [4.78, 5) is 18.0. The van der Waals surface area contributed by atoms with Gasteiger partial charge in [0.2, 0.25) is 0 Å². The van der Waals surface area contributed by atoms with Crippen molar-refractivity contribution in [2.24, 2.45) is 0 Å². The van der Waals surface area contributed by atoms with E-state index in [1.54, 1.807) is 0 Å². The Morgan fingerprint density at radius 1 is 1.33 bits per heavy atom. The van der Waals surface area contributed by atoms with Crippen molar-refractivity contribution < 1.29 is 0 Å². The Kier molecular flexibility index (Phi) is 3.31. The molecule has 1 atom stereocenters. The molecule has 0 bridgehead atoms.